The molecule has 22 heavy (non-hydrogen) atoms. The third kappa shape index (κ3) is 6.28. The van der Waals surface area contributed by atoms with Gasteiger partial charge in [-0.3, -0.25) is 4.79 Å². The van der Waals surface area contributed by atoms with Crippen LogP contribution >= 0.6 is 12.4 Å². The van der Waals surface area contributed by atoms with Crippen molar-refractivity contribution in [2.24, 2.45) is 5.92 Å². The van der Waals surface area contributed by atoms with Gasteiger partial charge < -0.3 is 21.3 Å². The minimum atomic E-state index is -0.431. The number of rotatable bonds is 6. The van der Waals surface area contributed by atoms with Gasteiger partial charge in [-0.25, -0.2) is 9.18 Å². The molecule has 1 saturated heterocycles. The first-order chi connectivity index (χ1) is 10.1. The SMILES string of the molecule is Cl.O=C(CNC(=O)NCc1ccc(F)cc1)NCC1CNC1. The van der Waals surface area contributed by atoms with E-state index < -0.39 is 6.03 Å². The summed E-state index contributed by atoms with van der Waals surface area (Å²) in [5.41, 5.74) is 0.786. The zero-order valence-electron chi connectivity index (χ0n) is 12.0. The Hall–Kier alpha value is -1.86. The van der Waals surface area contributed by atoms with E-state index in [0.717, 1.165) is 18.7 Å². The highest BCUT2D eigenvalue weighted by molar-refractivity contribution is 5.85. The van der Waals surface area contributed by atoms with Crippen molar-refractivity contribution < 1.29 is 14.0 Å². The molecule has 0 saturated carbocycles. The molecule has 0 unspecified atom stereocenters. The average molecular weight is 331 g/mol. The summed E-state index contributed by atoms with van der Waals surface area (Å²) in [6.07, 6.45) is 0. The second-order valence-corrected chi connectivity index (χ2v) is 4.99. The van der Waals surface area contributed by atoms with Crippen molar-refractivity contribution in [2.45, 2.75) is 6.54 Å². The van der Waals surface area contributed by atoms with Crippen molar-refractivity contribution in [1.29, 1.82) is 0 Å². The van der Waals surface area contributed by atoms with Crippen LogP contribution in [-0.2, 0) is 11.3 Å². The Kier molecular flexibility index (Phi) is 7.62. The molecular formula is C14H20ClFN4O2. The Bertz CT molecular complexity index is 494. The highest BCUT2D eigenvalue weighted by Gasteiger charge is 2.17. The number of amides is 3. The maximum atomic E-state index is 12.7. The van der Waals surface area contributed by atoms with Crippen LogP contribution in [0.3, 0.4) is 0 Å². The van der Waals surface area contributed by atoms with Crippen LogP contribution in [0.5, 0.6) is 0 Å². The van der Waals surface area contributed by atoms with Crippen LogP contribution in [0.4, 0.5) is 9.18 Å². The molecule has 1 heterocycles. The Labute approximate surface area is 134 Å². The van der Waals surface area contributed by atoms with Crippen molar-refractivity contribution >= 4 is 24.3 Å². The van der Waals surface area contributed by atoms with Gasteiger partial charge in [0.05, 0.1) is 6.54 Å². The molecule has 1 aliphatic rings. The number of hydrogen-bond donors (Lipinski definition) is 4. The fourth-order valence-corrected chi connectivity index (χ4v) is 1.82. The summed E-state index contributed by atoms with van der Waals surface area (Å²) in [6.45, 7) is 2.69. The monoisotopic (exact) mass is 330 g/mol. The van der Waals surface area contributed by atoms with Crippen LogP contribution in [0.2, 0.25) is 0 Å². The molecule has 2 rings (SSSR count). The highest BCUT2D eigenvalue weighted by atomic mass is 35.5. The van der Waals surface area contributed by atoms with E-state index >= 15 is 0 Å². The van der Waals surface area contributed by atoms with Crippen molar-refractivity contribution in [3.63, 3.8) is 0 Å². The number of carbonyl (C=O) groups excluding carboxylic acids is 2. The van der Waals surface area contributed by atoms with E-state index in [4.69, 9.17) is 0 Å². The predicted octanol–water partition coefficient (Wildman–Crippen LogP) is 0.382. The lowest BCUT2D eigenvalue weighted by Gasteiger charge is -2.27. The Morgan fingerprint density at radius 2 is 1.82 bits per heavy atom. The fourth-order valence-electron chi connectivity index (χ4n) is 1.82. The van der Waals surface area contributed by atoms with Gasteiger partial charge in [-0.15, -0.1) is 12.4 Å². The summed E-state index contributed by atoms with van der Waals surface area (Å²) in [6, 6.07) is 5.42. The number of halogens is 2. The molecule has 1 fully saturated rings. The standard InChI is InChI=1S/C14H19FN4O2.ClH/c15-12-3-1-10(2-4-12)7-18-14(21)19-9-13(20)17-8-11-5-16-6-11;/h1-4,11,16H,5-9H2,(H,17,20)(H2,18,19,21);1H. The van der Waals surface area contributed by atoms with Gasteiger partial charge in [0.2, 0.25) is 5.91 Å². The Morgan fingerprint density at radius 1 is 1.14 bits per heavy atom. The van der Waals surface area contributed by atoms with Crippen molar-refractivity contribution in [1.82, 2.24) is 21.3 Å². The number of carbonyl (C=O) groups is 2. The quantitative estimate of drug-likeness (QED) is 0.609. The van der Waals surface area contributed by atoms with Crippen molar-refractivity contribution in [3.8, 4) is 0 Å². The summed E-state index contributed by atoms with van der Waals surface area (Å²) in [5, 5.41) is 10.9. The summed E-state index contributed by atoms with van der Waals surface area (Å²) >= 11 is 0. The molecule has 3 amide bonds. The van der Waals surface area contributed by atoms with Gasteiger partial charge in [0.15, 0.2) is 0 Å². The van der Waals surface area contributed by atoms with Crippen LogP contribution in [-0.4, -0.2) is 38.1 Å². The van der Waals surface area contributed by atoms with E-state index in [-0.39, 0.29) is 37.2 Å². The number of hydrogen-bond acceptors (Lipinski definition) is 3. The van der Waals surface area contributed by atoms with E-state index in [1.54, 1.807) is 12.1 Å². The summed E-state index contributed by atoms with van der Waals surface area (Å²) in [7, 11) is 0. The first-order valence-electron chi connectivity index (χ1n) is 6.87. The van der Waals surface area contributed by atoms with E-state index in [2.05, 4.69) is 21.3 Å². The van der Waals surface area contributed by atoms with Crippen LogP contribution in [0.25, 0.3) is 0 Å². The maximum absolute atomic E-state index is 12.7. The second kappa shape index (κ2) is 9.22. The molecule has 4 N–H and O–H groups in total. The molecule has 1 aromatic rings. The maximum Gasteiger partial charge on any atom is 0.315 e. The molecule has 0 radical (unpaired) electrons. The van der Waals surface area contributed by atoms with E-state index in [9.17, 15) is 14.0 Å². The average Bonchev–Trinajstić information content (AvgIpc) is 2.43. The Morgan fingerprint density at radius 3 is 2.41 bits per heavy atom. The van der Waals surface area contributed by atoms with E-state index in [0.29, 0.717) is 12.5 Å². The van der Waals surface area contributed by atoms with Gasteiger partial charge in [0, 0.05) is 32.1 Å². The number of nitrogens with one attached hydrogen (secondary N) is 4. The lowest BCUT2D eigenvalue weighted by Crippen LogP contribution is -2.49. The van der Waals surface area contributed by atoms with Gasteiger partial charge >= 0.3 is 6.03 Å². The largest absolute Gasteiger partial charge is 0.354 e. The molecule has 0 bridgehead atoms. The van der Waals surface area contributed by atoms with Gasteiger partial charge in [-0.1, -0.05) is 12.1 Å². The van der Waals surface area contributed by atoms with Crippen LogP contribution in [0.1, 0.15) is 5.56 Å². The van der Waals surface area contributed by atoms with Gasteiger partial charge in [-0.05, 0) is 17.7 Å². The third-order valence-corrected chi connectivity index (χ3v) is 3.23. The molecule has 122 valence electrons. The minimum Gasteiger partial charge on any atom is -0.354 e. The molecule has 1 aliphatic heterocycles. The van der Waals surface area contributed by atoms with Crippen LogP contribution in [0, 0.1) is 11.7 Å². The molecule has 8 heteroatoms. The lowest BCUT2D eigenvalue weighted by atomic mass is 10.0. The molecule has 0 aromatic heterocycles. The first-order valence-corrected chi connectivity index (χ1v) is 6.87. The smallest absolute Gasteiger partial charge is 0.315 e. The van der Waals surface area contributed by atoms with E-state index in [1.165, 1.54) is 12.1 Å². The van der Waals surface area contributed by atoms with Crippen LogP contribution < -0.4 is 21.3 Å². The lowest BCUT2D eigenvalue weighted by molar-refractivity contribution is -0.120. The van der Waals surface area contributed by atoms with Crippen molar-refractivity contribution in [3.05, 3.63) is 35.6 Å². The second-order valence-electron chi connectivity index (χ2n) is 4.99. The predicted molar refractivity (Wildman–Crippen MR) is 83.3 cm³/mol. The van der Waals surface area contributed by atoms with Crippen molar-refractivity contribution in [2.75, 3.05) is 26.2 Å². The van der Waals surface area contributed by atoms with Gasteiger partial charge in [-0.2, -0.15) is 0 Å². The molecule has 6 nitrogen and oxygen atoms in total. The molecule has 1 aromatic carbocycles. The molecule has 0 spiro atoms. The molecular weight excluding hydrogens is 311 g/mol. The minimum absolute atomic E-state index is 0. The third-order valence-electron chi connectivity index (χ3n) is 3.23. The zero-order valence-corrected chi connectivity index (χ0v) is 12.8. The summed E-state index contributed by atoms with van der Waals surface area (Å²) < 4.78 is 12.7. The number of benzene rings is 1. The Balaban J connectivity index is 0.00000242. The number of urea groups is 1. The molecule has 0 aliphatic carbocycles. The first kappa shape index (κ1) is 18.2. The summed E-state index contributed by atoms with van der Waals surface area (Å²) in [5.74, 6) is -0.0402. The van der Waals surface area contributed by atoms with Gasteiger partial charge in [0.1, 0.15) is 5.82 Å². The zero-order chi connectivity index (χ0) is 15.1. The highest BCUT2D eigenvalue weighted by Crippen LogP contribution is 2.01. The summed E-state index contributed by atoms with van der Waals surface area (Å²) in [4.78, 5) is 23.0. The fraction of sp³-hybridized carbons (Fsp3) is 0.429. The molecule has 0 atom stereocenters. The van der Waals surface area contributed by atoms with Gasteiger partial charge in [0.25, 0.3) is 0 Å². The normalized spacial score (nSPS) is 13.5. The topological polar surface area (TPSA) is 82.3 Å². The van der Waals surface area contributed by atoms with Crippen LogP contribution in [0.15, 0.2) is 24.3 Å². The van der Waals surface area contributed by atoms with E-state index in [1.807, 2.05) is 0 Å².